The standard InChI is InChI=1S/C16H16BrNO3/c1-10(13-6-7-14(17)21-13)18-9-8-11-4-2-3-5-12(11)15(18)16(19)20/h2-7,10,15H,8-9H2,1H3,(H,19,20). The first-order valence-electron chi connectivity index (χ1n) is 6.89. The number of hydrogen-bond acceptors (Lipinski definition) is 3. The molecule has 0 bridgehead atoms. The maximum absolute atomic E-state index is 11.8. The number of aliphatic carboxylic acids is 1. The third kappa shape index (κ3) is 2.63. The topological polar surface area (TPSA) is 53.7 Å². The highest BCUT2D eigenvalue weighted by atomic mass is 79.9. The van der Waals surface area contributed by atoms with Crippen LogP contribution in [0.25, 0.3) is 0 Å². The fourth-order valence-corrected chi connectivity index (χ4v) is 3.31. The van der Waals surface area contributed by atoms with Crippen molar-refractivity contribution in [2.75, 3.05) is 6.54 Å². The van der Waals surface area contributed by atoms with Gasteiger partial charge in [-0.3, -0.25) is 9.69 Å². The van der Waals surface area contributed by atoms with E-state index in [1.54, 1.807) is 0 Å². The summed E-state index contributed by atoms with van der Waals surface area (Å²) in [6.07, 6.45) is 0.853. The fraction of sp³-hybridized carbons (Fsp3) is 0.312. The molecule has 2 heterocycles. The molecule has 2 atom stereocenters. The normalized spacial score (nSPS) is 20.0. The lowest BCUT2D eigenvalue weighted by molar-refractivity contribution is -0.145. The van der Waals surface area contributed by atoms with Gasteiger partial charge in [-0.1, -0.05) is 24.3 Å². The molecule has 1 aliphatic rings. The Morgan fingerprint density at radius 2 is 2.14 bits per heavy atom. The lowest BCUT2D eigenvalue weighted by Crippen LogP contribution is -2.41. The summed E-state index contributed by atoms with van der Waals surface area (Å²) in [5.74, 6) is -0.0490. The number of benzene rings is 1. The second-order valence-corrected chi connectivity index (χ2v) is 6.03. The molecule has 1 aromatic heterocycles. The molecule has 2 unspecified atom stereocenters. The van der Waals surface area contributed by atoms with Crippen LogP contribution in [0, 0.1) is 0 Å². The number of fused-ring (bicyclic) bond motifs is 1. The van der Waals surface area contributed by atoms with E-state index in [0.717, 1.165) is 23.3 Å². The Morgan fingerprint density at radius 3 is 2.81 bits per heavy atom. The van der Waals surface area contributed by atoms with Crippen molar-refractivity contribution in [2.45, 2.75) is 25.4 Å². The minimum atomic E-state index is -0.820. The van der Waals surface area contributed by atoms with Crippen LogP contribution in [0.3, 0.4) is 0 Å². The molecule has 0 radical (unpaired) electrons. The summed E-state index contributed by atoms with van der Waals surface area (Å²) < 4.78 is 6.26. The fourth-order valence-electron chi connectivity index (χ4n) is 2.99. The van der Waals surface area contributed by atoms with Crippen molar-refractivity contribution < 1.29 is 14.3 Å². The van der Waals surface area contributed by atoms with E-state index in [1.807, 2.05) is 48.2 Å². The van der Waals surface area contributed by atoms with Gasteiger partial charge in [-0.15, -0.1) is 0 Å². The van der Waals surface area contributed by atoms with Gasteiger partial charge in [0, 0.05) is 6.54 Å². The van der Waals surface area contributed by atoms with Crippen LogP contribution in [0.5, 0.6) is 0 Å². The first-order valence-corrected chi connectivity index (χ1v) is 7.69. The molecule has 0 saturated carbocycles. The SMILES string of the molecule is CC(c1ccc(Br)o1)N1CCc2ccccc2C1C(=O)O. The van der Waals surface area contributed by atoms with E-state index in [-0.39, 0.29) is 6.04 Å². The van der Waals surface area contributed by atoms with Crippen LogP contribution in [0.1, 0.15) is 35.9 Å². The van der Waals surface area contributed by atoms with Crippen LogP contribution in [-0.2, 0) is 11.2 Å². The van der Waals surface area contributed by atoms with Gasteiger partial charge in [0.2, 0.25) is 0 Å². The second kappa shape index (κ2) is 5.66. The quantitative estimate of drug-likeness (QED) is 0.915. The summed E-state index contributed by atoms with van der Waals surface area (Å²) in [4.78, 5) is 13.8. The molecule has 0 fully saturated rings. The van der Waals surface area contributed by atoms with Crippen LogP contribution < -0.4 is 0 Å². The molecule has 0 spiro atoms. The largest absolute Gasteiger partial charge is 0.480 e. The maximum Gasteiger partial charge on any atom is 0.325 e. The van der Waals surface area contributed by atoms with E-state index in [9.17, 15) is 9.90 Å². The molecule has 1 aliphatic heterocycles. The molecular weight excluding hydrogens is 334 g/mol. The molecule has 110 valence electrons. The van der Waals surface area contributed by atoms with E-state index < -0.39 is 12.0 Å². The van der Waals surface area contributed by atoms with Gasteiger partial charge in [0.1, 0.15) is 11.8 Å². The van der Waals surface area contributed by atoms with E-state index in [0.29, 0.717) is 11.2 Å². The van der Waals surface area contributed by atoms with E-state index in [1.165, 1.54) is 0 Å². The molecule has 3 rings (SSSR count). The smallest absolute Gasteiger partial charge is 0.325 e. The maximum atomic E-state index is 11.8. The van der Waals surface area contributed by atoms with E-state index in [2.05, 4.69) is 15.9 Å². The first kappa shape index (κ1) is 14.4. The summed E-state index contributed by atoms with van der Waals surface area (Å²) in [5, 5.41) is 9.67. The van der Waals surface area contributed by atoms with Crippen LogP contribution in [0.15, 0.2) is 45.5 Å². The zero-order valence-electron chi connectivity index (χ0n) is 11.6. The van der Waals surface area contributed by atoms with Crippen LogP contribution >= 0.6 is 15.9 Å². The number of halogens is 1. The lowest BCUT2D eigenvalue weighted by atomic mass is 9.91. The summed E-state index contributed by atoms with van der Waals surface area (Å²) in [6.45, 7) is 2.68. The van der Waals surface area contributed by atoms with Crippen molar-refractivity contribution >= 4 is 21.9 Å². The van der Waals surface area contributed by atoms with Gasteiger partial charge in [-0.25, -0.2) is 0 Å². The summed E-state index contributed by atoms with van der Waals surface area (Å²) >= 11 is 3.29. The molecule has 0 aliphatic carbocycles. The van der Waals surface area contributed by atoms with E-state index in [4.69, 9.17) is 4.42 Å². The number of carboxylic acids is 1. The second-order valence-electron chi connectivity index (χ2n) is 5.25. The van der Waals surface area contributed by atoms with Gasteiger partial charge in [0.05, 0.1) is 6.04 Å². The molecule has 0 saturated heterocycles. The van der Waals surface area contributed by atoms with Crippen LogP contribution in [0.2, 0.25) is 0 Å². The number of furan rings is 1. The Labute approximate surface area is 131 Å². The number of hydrogen-bond donors (Lipinski definition) is 1. The third-order valence-electron chi connectivity index (χ3n) is 4.06. The molecule has 1 N–H and O–H groups in total. The molecule has 5 heteroatoms. The molecule has 4 nitrogen and oxygen atoms in total. The molecule has 21 heavy (non-hydrogen) atoms. The summed E-state index contributed by atoms with van der Waals surface area (Å²) in [6, 6.07) is 10.8. The minimum absolute atomic E-state index is 0.0919. The first-order chi connectivity index (χ1) is 10.1. The number of carbonyl (C=O) groups is 1. The molecular formula is C16H16BrNO3. The molecule has 0 amide bonds. The van der Waals surface area contributed by atoms with Crippen molar-refractivity contribution in [2.24, 2.45) is 0 Å². The number of nitrogens with zero attached hydrogens (tertiary/aromatic N) is 1. The zero-order valence-corrected chi connectivity index (χ0v) is 13.2. The number of rotatable bonds is 3. The molecule has 2 aromatic rings. The lowest BCUT2D eigenvalue weighted by Gasteiger charge is -2.37. The van der Waals surface area contributed by atoms with Gasteiger partial charge >= 0.3 is 5.97 Å². The molecule has 1 aromatic carbocycles. The Hall–Kier alpha value is -1.59. The van der Waals surface area contributed by atoms with E-state index >= 15 is 0 Å². The number of carboxylic acid groups (broad SMARTS) is 1. The van der Waals surface area contributed by atoms with Gasteiger partial charge in [0.15, 0.2) is 4.67 Å². The van der Waals surface area contributed by atoms with Gasteiger partial charge in [-0.2, -0.15) is 0 Å². The Bertz CT molecular complexity index is 667. The predicted molar refractivity (Wildman–Crippen MR) is 82.1 cm³/mol. The highest BCUT2D eigenvalue weighted by Gasteiger charge is 2.36. The Balaban J connectivity index is 1.97. The summed E-state index contributed by atoms with van der Waals surface area (Å²) in [5.41, 5.74) is 2.00. The van der Waals surface area contributed by atoms with Crippen molar-refractivity contribution in [3.05, 3.63) is 58.0 Å². The van der Waals surface area contributed by atoms with Gasteiger partial charge in [-0.05, 0) is 52.5 Å². The van der Waals surface area contributed by atoms with Crippen molar-refractivity contribution in [1.29, 1.82) is 0 Å². The van der Waals surface area contributed by atoms with Crippen LogP contribution in [0.4, 0.5) is 0 Å². The van der Waals surface area contributed by atoms with Crippen molar-refractivity contribution in [1.82, 2.24) is 4.90 Å². The highest BCUT2D eigenvalue weighted by Crippen LogP contribution is 2.37. The Kier molecular flexibility index (Phi) is 3.87. The van der Waals surface area contributed by atoms with Gasteiger partial charge in [0.25, 0.3) is 0 Å². The highest BCUT2D eigenvalue weighted by molar-refractivity contribution is 9.10. The average molecular weight is 350 g/mol. The predicted octanol–water partition coefficient (Wildman–Crippen LogP) is 3.79. The van der Waals surface area contributed by atoms with Crippen molar-refractivity contribution in [3.8, 4) is 0 Å². The average Bonchev–Trinajstić information content (AvgIpc) is 2.91. The van der Waals surface area contributed by atoms with Crippen molar-refractivity contribution in [3.63, 3.8) is 0 Å². The minimum Gasteiger partial charge on any atom is -0.480 e. The Morgan fingerprint density at radius 1 is 1.38 bits per heavy atom. The monoisotopic (exact) mass is 349 g/mol. The third-order valence-corrected chi connectivity index (χ3v) is 4.48. The van der Waals surface area contributed by atoms with Gasteiger partial charge < -0.3 is 9.52 Å². The summed E-state index contributed by atoms with van der Waals surface area (Å²) in [7, 11) is 0. The zero-order chi connectivity index (χ0) is 15.0. The van der Waals surface area contributed by atoms with Crippen LogP contribution in [-0.4, -0.2) is 22.5 Å².